The zero-order chi connectivity index (χ0) is 14.6. The van der Waals surface area contributed by atoms with Crippen LogP contribution in [0.3, 0.4) is 0 Å². The number of rotatable bonds is 4. The van der Waals surface area contributed by atoms with Crippen LogP contribution < -0.4 is 0 Å². The van der Waals surface area contributed by atoms with Gasteiger partial charge in [0.1, 0.15) is 12.4 Å². The van der Waals surface area contributed by atoms with Crippen molar-refractivity contribution in [1.82, 2.24) is 14.7 Å². The van der Waals surface area contributed by atoms with Gasteiger partial charge < -0.3 is 0 Å². The predicted octanol–water partition coefficient (Wildman–Crippen LogP) is 2.65. The molecule has 114 valence electrons. The monoisotopic (exact) mass is 290 g/mol. The smallest absolute Gasteiger partial charge is 0.282 e. The van der Waals surface area contributed by atoms with E-state index in [9.17, 15) is 10.1 Å². The summed E-state index contributed by atoms with van der Waals surface area (Å²) in [6, 6.07) is 0. The summed E-state index contributed by atoms with van der Waals surface area (Å²) in [5.74, 6) is 2.72. The fourth-order valence-corrected chi connectivity index (χ4v) is 5.42. The topological polar surface area (TPSA) is 64.2 Å². The van der Waals surface area contributed by atoms with Gasteiger partial charge in [-0.15, -0.1) is 0 Å². The molecule has 6 nitrogen and oxygen atoms in total. The zero-order valence-corrected chi connectivity index (χ0v) is 12.4. The lowest BCUT2D eigenvalue weighted by Gasteiger charge is -2.59. The Morgan fingerprint density at radius 2 is 1.90 bits per heavy atom. The Labute approximate surface area is 124 Å². The zero-order valence-electron chi connectivity index (χ0n) is 12.4. The molecule has 4 fully saturated rings. The molecule has 1 aromatic heterocycles. The Hall–Kier alpha value is -1.43. The van der Waals surface area contributed by atoms with Gasteiger partial charge in [-0.1, -0.05) is 0 Å². The summed E-state index contributed by atoms with van der Waals surface area (Å²) in [7, 11) is 2.17. The van der Waals surface area contributed by atoms with Crippen molar-refractivity contribution >= 4 is 5.69 Å². The molecule has 0 unspecified atom stereocenters. The number of aromatic nitrogens is 2. The second kappa shape index (κ2) is 4.53. The lowest BCUT2D eigenvalue weighted by atomic mass is 9.52. The summed E-state index contributed by atoms with van der Waals surface area (Å²) in [4.78, 5) is 12.8. The summed E-state index contributed by atoms with van der Waals surface area (Å²) in [6.07, 6.45) is 11.1. The third-order valence-corrected chi connectivity index (χ3v) is 6.00. The highest BCUT2D eigenvalue weighted by molar-refractivity contribution is 5.20. The Bertz CT molecular complexity index is 532. The van der Waals surface area contributed by atoms with E-state index in [2.05, 4.69) is 17.0 Å². The highest BCUT2D eigenvalue weighted by Crippen LogP contribution is 2.57. The number of hydrogen-bond acceptors (Lipinski definition) is 4. The van der Waals surface area contributed by atoms with Crippen molar-refractivity contribution in [3.63, 3.8) is 0 Å². The maximum absolute atomic E-state index is 10.8. The van der Waals surface area contributed by atoms with Crippen LogP contribution in [-0.4, -0.2) is 32.2 Å². The SMILES string of the molecule is CN(Cn1cc([N+](=O)[O-])cn1)C12CC3CC(CC(C3)C1)C2. The van der Waals surface area contributed by atoms with Crippen LogP contribution in [0.15, 0.2) is 12.4 Å². The van der Waals surface area contributed by atoms with E-state index >= 15 is 0 Å². The Kier molecular flexibility index (Phi) is 2.86. The van der Waals surface area contributed by atoms with Crippen molar-refractivity contribution < 1.29 is 4.92 Å². The normalized spacial score (nSPS) is 37.3. The summed E-state index contributed by atoms with van der Waals surface area (Å²) in [5.41, 5.74) is 0.393. The first-order valence-electron chi connectivity index (χ1n) is 7.92. The van der Waals surface area contributed by atoms with Crippen LogP contribution in [0.4, 0.5) is 5.69 Å². The van der Waals surface area contributed by atoms with Crippen LogP contribution in [-0.2, 0) is 6.67 Å². The Balaban J connectivity index is 1.51. The van der Waals surface area contributed by atoms with Crippen molar-refractivity contribution in [2.45, 2.75) is 50.7 Å². The summed E-state index contributed by atoms with van der Waals surface area (Å²) < 4.78 is 1.71. The molecule has 5 rings (SSSR count). The molecule has 0 radical (unpaired) electrons. The minimum atomic E-state index is -0.381. The molecule has 1 heterocycles. The number of hydrogen-bond donors (Lipinski definition) is 0. The summed E-state index contributed by atoms with van der Waals surface area (Å²) >= 11 is 0. The molecule has 4 bridgehead atoms. The molecular formula is C15H22N4O2. The molecule has 0 amide bonds. The minimum Gasteiger partial charge on any atom is -0.282 e. The molecule has 0 N–H and O–H groups in total. The third kappa shape index (κ3) is 2.16. The van der Waals surface area contributed by atoms with Crippen molar-refractivity contribution in [3.8, 4) is 0 Å². The highest BCUT2D eigenvalue weighted by Gasteiger charge is 2.52. The lowest BCUT2D eigenvalue weighted by Crippen LogP contribution is -2.59. The van der Waals surface area contributed by atoms with Gasteiger partial charge in [-0.3, -0.25) is 19.7 Å². The highest BCUT2D eigenvalue weighted by atomic mass is 16.6. The van der Waals surface area contributed by atoms with Crippen LogP contribution in [0.2, 0.25) is 0 Å². The Morgan fingerprint density at radius 1 is 1.33 bits per heavy atom. The molecule has 0 saturated heterocycles. The van der Waals surface area contributed by atoms with Crippen molar-refractivity contribution in [2.75, 3.05) is 7.05 Å². The van der Waals surface area contributed by atoms with Gasteiger partial charge in [-0.05, 0) is 63.3 Å². The molecule has 4 aliphatic rings. The van der Waals surface area contributed by atoms with Gasteiger partial charge in [0.2, 0.25) is 0 Å². The second-order valence-corrected chi connectivity index (χ2v) is 7.48. The van der Waals surface area contributed by atoms with Gasteiger partial charge in [0.15, 0.2) is 0 Å². The van der Waals surface area contributed by atoms with Crippen LogP contribution in [0.5, 0.6) is 0 Å². The molecule has 1 aromatic rings. The molecule has 0 aliphatic heterocycles. The van der Waals surface area contributed by atoms with Crippen LogP contribution in [0.25, 0.3) is 0 Å². The van der Waals surface area contributed by atoms with E-state index in [-0.39, 0.29) is 10.6 Å². The van der Waals surface area contributed by atoms with E-state index in [1.54, 1.807) is 4.68 Å². The second-order valence-electron chi connectivity index (χ2n) is 7.48. The summed E-state index contributed by atoms with van der Waals surface area (Å²) in [5, 5.41) is 14.9. The van der Waals surface area contributed by atoms with E-state index in [1.807, 2.05) is 0 Å². The fourth-order valence-electron chi connectivity index (χ4n) is 5.42. The van der Waals surface area contributed by atoms with Crippen LogP contribution in [0, 0.1) is 27.9 Å². The predicted molar refractivity (Wildman–Crippen MR) is 77.5 cm³/mol. The quantitative estimate of drug-likeness (QED) is 0.631. The van der Waals surface area contributed by atoms with Crippen molar-refractivity contribution in [2.24, 2.45) is 17.8 Å². The van der Waals surface area contributed by atoms with Crippen molar-refractivity contribution in [3.05, 3.63) is 22.5 Å². The van der Waals surface area contributed by atoms with Gasteiger partial charge in [0.25, 0.3) is 0 Å². The van der Waals surface area contributed by atoms with Gasteiger partial charge in [-0.25, -0.2) is 0 Å². The first-order valence-corrected chi connectivity index (χ1v) is 7.92. The van der Waals surface area contributed by atoms with E-state index in [0.717, 1.165) is 17.8 Å². The summed E-state index contributed by atoms with van der Waals surface area (Å²) in [6.45, 7) is 0.653. The standard InChI is InChI=1S/C15H22N4O2/c1-17(10-18-9-14(8-16-18)19(20)21)15-5-11-2-12(6-15)4-13(3-11)7-15/h8-9,11-13H,2-7,10H2,1H3. The number of nitrogens with zero attached hydrogens (tertiary/aromatic N) is 4. The van der Waals surface area contributed by atoms with Crippen molar-refractivity contribution in [1.29, 1.82) is 0 Å². The van der Waals surface area contributed by atoms with Gasteiger partial charge in [0.05, 0.1) is 11.6 Å². The molecule has 4 saturated carbocycles. The van der Waals surface area contributed by atoms with Gasteiger partial charge in [0, 0.05) is 5.54 Å². The first kappa shape index (κ1) is 13.2. The average Bonchev–Trinajstić information content (AvgIpc) is 2.85. The van der Waals surface area contributed by atoms with Crippen LogP contribution >= 0.6 is 0 Å². The van der Waals surface area contributed by atoms with Gasteiger partial charge in [-0.2, -0.15) is 5.10 Å². The number of nitro groups is 1. The maximum Gasteiger partial charge on any atom is 0.307 e. The van der Waals surface area contributed by atoms with Gasteiger partial charge >= 0.3 is 5.69 Å². The molecule has 6 heteroatoms. The fraction of sp³-hybridized carbons (Fsp3) is 0.800. The molecule has 4 aliphatic carbocycles. The lowest BCUT2D eigenvalue weighted by molar-refractivity contribution is -0.385. The van der Waals surface area contributed by atoms with E-state index in [4.69, 9.17) is 0 Å². The van der Waals surface area contributed by atoms with E-state index in [0.29, 0.717) is 12.2 Å². The maximum atomic E-state index is 10.8. The Morgan fingerprint density at radius 3 is 2.38 bits per heavy atom. The first-order chi connectivity index (χ1) is 10.0. The minimum absolute atomic E-state index is 0.0777. The van der Waals surface area contributed by atoms with Crippen LogP contribution in [0.1, 0.15) is 38.5 Å². The molecule has 0 aromatic carbocycles. The molecular weight excluding hydrogens is 268 g/mol. The average molecular weight is 290 g/mol. The third-order valence-electron chi connectivity index (χ3n) is 6.00. The molecule has 0 spiro atoms. The largest absolute Gasteiger partial charge is 0.307 e. The van der Waals surface area contributed by atoms with E-state index < -0.39 is 0 Å². The molecule has 0 atom stereocenters. The molecule has 21 heavy (non-hydrogen) atoms. The van der Waals surface area contributed by atoms with E-state index in [1.165, 1.54) is 50.9 Å².